The van der Waals surface area contributed by atoms with Gasteiger partial charge in [-0.15, -0.1) is 0 Å². The molecule has 0 aliphatic rings. The quantitative estimate of drug-likeness (QED) is 0.750. The number of carbonyl (C=O) groups is 1. The van der Waals surface area contributed by atoms with Crippen LogP contribution in [-0.2, 0) is 11.2 Å². The van der Waals surface area contributed by atoms with E-state index in [-0.39, 0.29) is 18.1 Å². The SMILES string of the molecule is O=C(Cc1c[nH]c2ccccc12)Nc1ccc(F)cc1. The third kappa shape index (κ3) is 2.54. The van der Waals surface area contributed by atoms with Gasteiger partial charge in [-0.1, -0.05) is 18.2 Å². The zero-order chi connectivity index (χ0) is 13.9. The van der Waals surface area contributed by atoms with Crippen molar-refractivity contribution in [2.24, 2.45) is 0 Å². The zero-order valence-corrected chi connectivity index (χ0v) is 10.7. The van der Waals surface area contributed by atoms with Crippen molar-refractivity contribution in [3.63, 3.8) is 0 Å². The summed E-state index contributed by atoms with van der Waals surface area (Å²) in [6, 6.07) is 13.6. The topological polar surface area (TPSA) is 44.9 Å². The van der Waals surface area contributed by atoms with E-state index < -0.39 is 0 Å². The van der Waals surface area contributed by atoms with E-state index in [9.17, 15) is 9.18 Å². The predicted octanol–water partition coefficient (Wildman–Crippen LogP) is 3.49. The van der Waals surface area contributed by atoms with E-state index in [1.54, 1.807) is 12.1 Å². The fourth-order valence-corrected chi connectivity index (χ4v) is 2.19. The van der Waals surface area contributed by atoms with Crippen molar-refractivity contribution in [1.29, 1.82) is 0 Å². The highest BCUT2D eigenvalue weighted by Crippen LogP contribution is 2.18. The molecule has 0 bridgehead atoms. The predicted molar refractivity (Wildman–Crippen MR) is 77.0 cm³/mol. The van der Waals surface area contributed by atoms with Crippen molar-refractivity contribution in [3.8, 4) is 0 Å². The summed E-state index contributed by atoms with van der Waals surface area (Å²) in [4.78, 5) is 15.1. The molecule has 20 heavy (non-hydrogen) atoms. The molecule has 3 rings (SSSR count). The number of nitrogens with one attached hydrogen (secondary N) is 2. The second-order valence-corrected chi connectivity index (χ2v) is 4.59. The number of anilines is 1. The van der Waals surface area contributed by atoms with Gasteiger partial charge < -0.3 is 10.3 Å². The van der Waals surface area contributed by atoms with Gasteiger partial charge in [0, 0.05) is 22.8 Å². The molecular weight excluding hydrogens is 255 g/mol. The highest BCUT2D eigenvalue weighted by atomic mass is 19.1. The number of halogens is 1. The van der Waals surface area contributed by atoms with Gasteiger partial charge in [-0.05, 0) is 35.9 Å². The molecule has 0 aliphatic heterocycles. The van der Waals surface area contributed by atoms with E-state index >= 15 is 0 Å². The van der Waals surface area contributed by atoms with Gasteiger partial charge in [-0.3, -0.25) is 4.79 Å². The molecule has 2 aromatic carbocycles. The van der Waals surface area contributed by atoms with Crippen molar-refractivity contribution in [1.82, 2.24) is 4.98 Å². The number of hydrogen-bond acceptors (Lipinski definition) is 1. The summed E-state index contributed by atoms with van der Waals surface area (Å²) >= 11 is 0. The van der Waals surface area contributed by atoms with Crippen LogP contribution in [0.3, 0.4) is 0 Å². The summed E-state index contributed by atoms with van der Waals surface area (Å²) in [6.45, 7) is 0. The Labute approximate surface area is 115 Å². The van der Waals surface area contributed by atoms with Crippen LogP contribution in [0.2, 0.25) is 0 Å². The molecule has 1 heterocycles. The minimum Gasteiger partial charge on any atom is -0.361 e. The van der Waals surface area contributed by atoms with Gasteiger partial charge in [0.05, 0.1) is 6.42 Å². The van der Waals surface area contributed by atoms with E-state index in [4.69, 9.17) is 0 Å². The smallest absolute Gasteiger partial charge is 0.228 e. The molecular formula is C16H13FN2O. The molecule has 1 amide bonds. The molecule has 4 heteroatoms. The van der Waals surface area contributed by atoms with Crippen molar-refractivity contribution in [2.75, 3.05) is 5.32 Å². The van der Waals surface area contributed by atoms with Gasteiger partial charge in [0.25, 0.3) is 0 Å². The second kappa shape index (κ2) is 5.17. The molecule has 100 valence electrons. The standard InChI is InChI=1S/C16H13FN2O/c17-12-5-7-13(8-6-12)19-16(20)9-11-10-18-15-4-2-1-3-14(11)15/h1-8,10,18H,9H2,(H,19,20). The molecule has 3 nitrogen and oxygen atoms in total. The molecule has 2 N–H and O–H groups in total. The number of benzene rings is 2. The molecule has 3 aromatic rings. The van der Waals surface area contributed by atoms with Crippen LogP contribution >= 0.6 is 0 Å². The van der Waals surface area contributed by atoms with Crippen molar-refractivity contribution < 1.29 is 9.18 Å². The van der Waals surface area contributed by atoms with E-state index in [1.807, 2.05) is 30.5 Å². The summed E-state index contributed by atoms with van der Waals surface area (Å²) in [5, 5.41) is 3.80. The summed E-state index contributed by atoms with van der Waals surface area (Å²) in [6.07, 6.45) is 2.12. The average molecular weight is 268 g/mol. The highest BCUT2D eigenvalue weighted by Gasteiger charge is 2.08. The largest absolute Gasteiger partial charge is 0.361 e. The molecule has 0 saturated heterocycles. The normalized spacial score (nSPS) is 10.7. The van der Waals surface area contributed by atoms with E-state index in [1.165, 1.54) is 12.1 Å². The van der Waals surface area contributed by atoms with Crippen LogP contribution < -0.4 is 5.32 Å². The minimum absolute atomic E-state index is 0.124. The number of H-pyrrole nitrogens is 1. The van der Waals surface area contributed by atoms with Gasteiger partial charge in [-0.2, -0.15) is 0 Å². The highest BCUT2D eigenvalue weighted by molar-refractivity contribution is 5.95. The first-order chi connectivity index (χ1) is 9.72. The molecule has 0 spiro atoms. The number of hydrogen-bond donors (Lipinski definition) is 2. The first-order valence-electron chi connectivity index (χ1n) is 6.33. The Morgan fingerprint density at radius 2 is 1.85 bits per heavy atom. The molecule has 0 saturated carbocycles. The fraction of sp³-hybridized carbons (Fsp3) is 0.0625. The maximum absolute atomic E-state index is 12.8. The maximum atomic E-state index is 12.8. The lowest BCUT2D eigenvalue weighted by atomic mass is 10.1. The van der Waals surface area contributed by atoms with Crippen molar-refractivity contribution >= 4 is 22.5 Å². The summed E-state index contributed by atoms with van der Waals surface area (Å²) in [5.74, 6) is -0.444. The first-order valence-corrected chi connectivity index (χ1v) is 6.33. The number of carbonyl (C=O) groups excluding carboxylic acids is 1. The van der Waals surface area contributed by atoms with Crippen molar-refractivity contribution in [2.45, 2.75) is 6.42 Å². The third-order valence-electron chi connectivity index (χ3n) is 3.15. The average Bonchev–Trinajstić information content (AvgIpc) is 2.85. The van der Waals surface area contributed by atoms with Gasteiger partial charge >= 0.3 is 0 Å². The third-order valence-corrected chi connectivity index (χ3v) is 3.15. The van der Waals surface area contributed by atoms with Gasteiger partial charge in [-0.25, -0.2) is 4.39 Å². The summed E-state index contributed by atoms with van der Waals surface area (Å²) < 4.78 is 12.8. The van der Waals surface area contributed by atoms with E-state index in [0.717, 1.165) is 16.5 Å². The van der Waals surface area contributed by atoms with Crippen LogP contribution in [0.25, 0.3) is 10.9 Å². The number of fused-ring (bicyclic) bond motifs is 1. The Balaban J connectivity index is 1.74. The minimum atomic E-state index is -0.320. The van der Waals surface area contributed by atoms with Crippen LogP contribution in [0.15, 0.2) is 54.7 Å². The molecule has 0 unspecified atom stereocenters. The molecule has 0 radical (unpaired) electrons. The Morgan fingerprint density at radius 3 is 2.65 bits per heavy atom. The fourth-order valence-electron chi connectivity index (χ4n) is 2.19. The Morgan fingerprint density at radius 1 is 1.10 bits per heavy atom. The van der Waals surface area contributed by atoms with E-state index in [0.29, 0.717) is 5.69 Å². The monoisotopic (exact) mass is 268 g/mol. The van der Waals surface area contributed by atoms with Gasteiger partial charge in [0.15, 0.2) is 0 Å². The van der Waals surface area contributed by atoms with E-state index in [2.05, 4.69) is 10.3 Å². The lowest BCUT2D eigenvalue weighted by Gasteiger charge is -2.04. The summed E-state index contributed by atoms with van der Waals surface area (Å²) in [5.41, 5.74) is 2.55. The number of amides is 1. The number of rotatable bonds is 3. The number of aromatic amines is 1. The second-order valence-electron chi connectivity index (χ2n) is 4.59. The Bertz CT molecular complexity index is 747. The molecule has 0 fully saturated rings. The van der Waals surface area contributed by atoms with Crippen LogP contribution in [0.4, 0.5) is 10.1 Å². The molecule has 1 aromatic heterocycles. The van der Waals surface area contributed by atoms with Crippen LogP contribution in [0, 0.1) is 5.82 Å². The van der Waals surface area contributed by atoms with Crippen LogP contribution in [-0.4, -0.2) is 10.9 Å². The molecule has 0 aliphatic carbocycles. The van der Waals surface area contributed by atoms with Crippen LogP contribution in [0.5, 0.6) is 0 Å². The van der Waals surface area contributed by atoms with Crippen LogP contribution in [0.1, 0.15) is 5.56 Å². The van der Waals surface area contributed by atoms with Gasteiger partial charge in [0.1, 0.15) is 5.82 Å². The maximum Gasteiger partial charge on any atom is 0.228 e. The first kappa shape index (κ1) is 12.4. The number of aromatic nitrogens is 1. The van der Waals surface area contributed by atoms with Crippen molar-refractivity contribution in [3.05, 3.63) is 66.1 Å². The molecule has 0 atom stereocenters. The number of para-hydroxylation sites is 1. The van der Waals surface area contributed by atoms with Gasteiger partial charge in [0.2, 0.25) is 5.91 Å². The zero-order valence-electron chi connectivity index (χ0n) is 10.7. The lowest BCUT2D eigenvalue weighted by Crippen LogP contribution is -2.14. The Hall–Kier alpha value is -2.62. The summed E-state index contributed by atoms with van der Waals surface area (Å²) in [7, 11) is 0. The lowest BCUT2D eigenvalue weighted by molar-refractivity contribution is -0.115. The Kier molecular flexibility index (Phi) is 3.21.